The van der Waals surface area contributed by atoms with Crippen molar-refractivity contribution in [2.75, 3.05) is 5.32 Å². The SMILES string of the molecule is CC(C)n1ncc2cc(NC(=O)c3cc(-c4cccs4)nc4c3cnn4C(C)C)cnc21. The van der Waals surface area contributed by atoms with Gasteiger partial charge in [-0.1, -0.05) is 6.07 Å². The van der Waals surface area contributed by atoms with Gasteiger partial charge in [-0.05, 0) is 51.3 Å². The second-order valence-electron chi connectivity index (χ2n) is 8.23. The van der Waals surface area contributed by atoms with Gasteiger partial charge in [0.2, 0.25) is 0 Å². The standard InChI is InChI=1S/C23H23N7OS/c1-13(2)29-21-15(10-25-29)8-16(11-24-21)27-23(31)17-9-19(20-6-5-7-32-20)28-22-18(17)12-26-30(22)14(3)4/h5-14H,1-4H3,(H,27,31). The highest BCUT2D eigenvalue weighted by Gasteiger charge is 2.19. The van der Waals surface area contributed by atoms with E-state index in [0.29, 0.717) is 16.9 Å². The van der Waals surface area contributed by atoms with Gasteiger partial charge in [-0.15, -0.1) is 11.3 Å². The maximum Gasteiger partial charge on any atom is 0.256 e. The number of anilines is 1. The molecule has 9 heteroatoms. The second kappa shape index (κ2) is 7.83. The molecule has 1 amide bonds. The molecule has 0 fully saturated rings. The average molecular weight is 446 g/mol. The molecule has 0 saturated carbocycles. The molecule has 0 aliphatic rings. The molecule has 0 bridgehead atoms. The van der Waals surface area contributed by atoms with Gasteiger partial charge in [0.1, 0.15) is 0 Å². The fraction of sp³-hybridized carbons (Fsp3) is 0.261. The summed E-state index contributed by atoms with van der Waals surface area (Å²) < 4.78 is 3.71. The van der Waals surface area contributed by atoms with Crippen molar-refractivity contribution >= 4 is 45.0 Å². The van der Waals surface area contributed by atoms with Crippen molar-refractivity contribution < 1.29 is 4.79 Å². The van der Waals surface area contributed by atoms with Crippen LogP contribution in [-0.4, -0.2) is 35.4 Å². The van der Waals surface area contributed by atoms with Gasteiger partial charge in [-0.25, -0.2) is 19.3 Å². The van der Waals surface area contributed by atoms with E-state index in [4.69, 9.17) is 4.98 Å². The minimum Gasteiger partial charge on any atom is -0.321 e. The lowest BCUT2D eigenvalue weighted by Gasteiger charge is -2.11. The molecule has 5 aromatic rings. The number of nitrogens with zero attached hydrogens (tertiary/aromatic N) is 6. The summed E-state index contributed by atoms with van der Waals surface area (Å²) in [7, 11) is 0. The van der Waals surface area contributed by atoms with Crippen LogP contribution >= 0.6 is 11.3 Å². The number of carbonyl (C=O) groups excluding carboxylic acids is 1. The quantitative estimate of drug-likeness (QED) is 0.395. The Morgan fingerprint density at radius 1 is 1.00 bits per heavy atom. The van der Waals surface area contributed by atoms with E-state index in [1.165, 1.54) is 0 Å². The molecular formula is C23H23N7OS. The lowest BCUT2D eigenvalue weighted by atomic mass is 10.1. The zero-order chi connectivity index (χ0) is 22.4. The molecule has 0 spiro atoms. The first kappa shape index (κ1) is 20.3. The lowest BCUT2D eigenvalue weighted by Crippen LogP contribution is -2.13. The Balaban J connectivity index is 1.56. The van der Waals surface area contributed by atoms with Crippen LogP contribution in [0.3, 0.4) is 0 Å². The Bertz CT molecular complexity index is 1430. The number of fused-ring (bicyclic) bond motifs is 2. The Morgan fingerprint density at radius 3 is 2.47 bits per heavy atom. The molecule has 5 rings (SSSR count). The van der Waals surface area contributed by atoms with Gasteiger partial charge in [0, 0.05) is 17.5 Å². The van der Waals surface area contributed by atoms with Crippen LogP contribution in [0.25, 0.3) is 32.6 Å². The zero-order valence-corrected chi connectivity index (χ0v) is 19.1. The van der Waals surface area contributed by atoms with Crippen molar-refractivity contribution in [3.63, 3.8) is 0 Å². The van der Waals surface area contributed by atoms with Gasteiger partial charge >= 0.3 is 0 Å². The second-order valence-corrected chi connectivity index (χ2v) is 9.17. The predicted molar refractivity (Wildman–Crippen MR) is 127 cm³/mol. The van der Waals surface area contributed by atoms with Crippen LogP contribution in [0.1, 0.15) is 50.1 Å². The van der Waals surface area contributed by atoms with Gasteiger partial charge in [-0.2, -0.15) is 10.2 Å². The number of pyridine rings is 2. The van der Waals surface area contributed by atoms with Crippen molar-refractivity contribution in [1.82, 2.24) is 29.5 Å². The summed E-state index contributed by atoms with van der Waals surface area (Å²) in [5, 5.41) is 15.5. The zero-order valence-electron chi connectivity index (χ0n) is 18.3. The van der Waals surface area contributed by atoms with Gasteiger partial charge in [0.25, 0.3) is 5.91 Å². The molecule has 0 aliphatic carbocycles. The van der Waals surface area contributed by atoms with Crippen molar-refractivity contribution in [2.45, 2.75) is 39.8 Å². The van der Waals surface area contributed by atoms with Crippen LogP contribution in [-0.2, 0) is 0 Å². The van der Waals surface area contributed by atoms with Crippen LogP contribution in [0.2, 0.25) is 0 Å². The number of hydrogen-bond acceptors (Lipinski definition) is 6. The number of rotatable bonds is 5. The Labute approximate surface area is 188 Å². The van der Waals surface area contributed by atoms with E-state index in [-0.39, 0.29) is 18.0 Å². The Kier molecular flexibility index (Phi) is 4.97. The highest BCUT2D eigenvalue weighted by Crippen LogP contribution is 2.29. The third-order valence-electron chi connectivity index (χ3n) is 5.25. The molecule has 0 aliphatic heterocycles. The van der Waals surface area contributed by atoms with Crippen LogP contribution < -0.4 is 5.32 Å². The molecule has 0 saturated heterocycles. The van der Waals surface area contributed by atoms with Crippen LogP contribution in [0, 0.1) is 0 Å². The number of nitrogens with one attached hydrogen (secondary N) is 1. The van der Waals surface area contributed by atoms with E-state index in [1.807, 2.05) is 52.9 Å². The summed E-state index contributed by atoms with van der Waals surface area (Å²) in [5.41, 5.74) is 3.39. The van der Waals surface area contributed by atoms with E-state index >= 15 is 0 Å². The fourth-order valence-corrected chi connectivity index (χ4v) is 4.41. The summed E-state index contributed by atoms with van der Waals surface area (Å²) in [5.74, 6) is -0.226. The first-order chi connectivity index (χ1) is 15.4. The molecule has 32 heavy (non-hydrogen) atoms. The Hall–Kier alpha value is -3.59. The highest BCUT2D eigenvalue weighted by molar-refractivity contribution is 7.13. The third-order valence-corrected chi connectivity index (χ3v) is 6.15. The van der Waals surface area contributed by atoms with E-state index < -0.39 is 0 Å². The molecule has 1 N–H and O–H groups in total. The summed E-state index contributed by atoms with van der Waals surface area (Å²) >= 11 is 1.59. The van der Waals surface area contributed by atoms with Gasteiger partial charge in [0.15, 0.2) is 11.3 Å². The van der Waals surface area contributed by atoms with E-state index in [2.05, 4.69) is 34.3 Å². The molecule has 5 heterocycles. The normalized spacial score (nSPS) is 11.8. The first-order valence-electron chi connectivity index (χ1n) is 10.5. The minimum atomic E-state index is -0.226. The fourth-order valence-electron chi connectivity index (χ4n) is 3.72. The molecule has 8 nitrogen and oxygen atoms in total. The number of amides is 1. The molecule has 0 unspecified atom stereocenters. The monoisotopic (exact) mass is 445 g/mol. The van der Waals surface area contributed by atoms with Crippen LogP contribution in [0.5, 0.6) is 0 Å². The number of thiophene rings is 1. The molecule has 162 valence electrons. The van der Waals surface area contributed by atoms with E-state index in [0.717, 1.165) is 27.0 Å². The molecule has 5 aromatic heterocycles. The van der Waals surface area contributed by atoms with Crippen molar-refractivity contribution in [3.8, 4) is 10.6 Å². The topological polar surface area (TPSA) is 90.5 Å². The first-order valence-corrected chi connectivity index (χ1v) is 11.4. The summed E-state index contributed by atoms with van der Waals surface area (Å²) in [4.78, 5) is 23.7. The summed E-state index contributed by atoms with van der Waals surface area (Å²) in [6, 6.07) is 8.03. The molecule has 0 radical (unpaired) electrons. The van der Waals surface area contributed by atoms with Crippen molar-refractivity contribution in [1.29, 1.82) is 0 Å². The molecule has 0 aromatic carbocycles. The van der Waals surface area contributed by atoms with Crippen molar-refractivity contribution in [2.24, 2.45) is 0 Å². The number of aromatic nitrogens is 6. The average Bonchev–Trinajstić information content (AvgIpc) is 3.50. The number of carbonyl (C=O) groups is 1. The number of hydrogen-bond donors (Lipinski definition) is 1. The van der Waals surface area contributed by atoms with Crippen LogP contribution in [0.4, 0.5) is 5.69 Å². The summed E-state index contributed by atoms with van der Waals surface area (Å²) in [6.07, 6.45) is 5.14. The predicted octanol–water partition coefficient (Wildman–Crippen LogP) is 5.32. The largest absolute Gasteiger partial charge is 0.321 e. The van der Waals surface area contributed by atoms with Gasteiger partial charge in [-0.3, -0.25) is 4.79 Å². The lowest BCUT2D eigenvalue weighted by molar-refractivity contribution is 0.102. The summed E-state index contributed by atoms with van der Waals surface area (Å²) in [6.45, 7) is 8.20. The third kappa shape index (κ3) is 3.44. The smallest absolute Gasteiger partial charge is 0.256 e. The molecule has 0 atom stereocenters. The minimum absolute atomic E-state index is 0.124. The maximum atomic E-state index is 13.4. The van der Waals surface area contributed by atoms with E-state index in [9.17, 15) is 4.79 Å². The van der Waals surface area contributed by atoms with Crippen molar-refractivity contribution in [3.05, 3.63) is 53.8 Å². The van der Waals surface area contributed by atoms with Crippen LogP contribution in [0.15, 0.2) is 48.2 Å². The van der Waals surface area contributed by atoms with Gasteiger partial charge in [0.05, 0.1) is 45.8 Å². The van der Waals surface area contributed by atoms with E-state index in [1.54, 1.807) is 29.9 Å². The maximum absolute atomic E-state index is 13.4. The highest BCUT2D eigenvalue weighted by atomic mass is 32.1. The molecular weight excluding hydrogens is 422 g/mol. The van der Waals surface area contributed by atoms with Gasteiger partial charge < -0.3 is 5.32 Å². The Morgan fingerprint density at radius 2 is 1.75 bits per heavy atom.